The van der Waals surface area contributed by atoms with E-state index < -0.39 is 52.0 Å². The highest BCUT2D eigenvalue weighted by Gasteiger charge is 2.52. The topological polar surface area (TPSA) is 89.5 Å². The van der Waals surface area contributed by atoms with Gasteiger partial charge in [0.15, 0.2) is 5.78 Å². The van der Waals surface area contributed by atoms with Gasteiger partial charge in [-0.25, -0.2) is 27.2 Å². The molecular formula is C25H22F5N3O4S. The van der Waals surface area contributed by atoms with Crippen LogP contribution in [0.15, 0.2) is 65.8 Å². The summed E-state index contributed by atoms with van der Waals surface area (Å²) in [5.41, 5.74) is -0.367. The van der Waals surface area contributed by atoms with Gasteiger partial charge in [0.25, 0.3) is 0 Å². The standard InChI is InChI=1S/C25H22F5N3O4S/c1-24(13-18(27)14-33(24)38(35,36)21-9-4-17(26)5-10-21)23(34)11-6-19-12-22(32-15-31-19)16-2-7-20(8-3-16)37-25(28,29)30/h2-5,7-10,12,15,18H,6,11,13-14H2,1H3/t18-,24+/m1/s1. The SMILES string of the molecule is C[C@@]1(C(=O)CCc2cc(-c3ccc(OC(F)(F)F)cc3)ncn2)C[C@@H](F)CN1S(=O)(=O)c1ccc(F)cc1. The maximum Gasteiger partial charge on any atom is 0.573 e. The number of rotatable bonds is 8. The fourth-order valence-electron chi connectivity index (χ4n) is 4.36. The van der Waals surface area contributed by atoms with E-state index in [4.69, 9.17) is 0 Å². The lowest BCUT2D eigenvalue weighted by atomic mass is 9.91. The normalized spacial score (nSPS) is 20.4. The first-order valence-electron chi connectivity index (χ1n) is 11.4. The van der Waals surface area contributed by atoms with Crippen LogP contribution in [0.4, 0.5) is 22.0 Å². The third kappa shape index (κ3) is 5.99. The molecule has 4 rings (SSSR count). The Bertz CT molecular complexity index is 1420. The van der Waals surface area contributed by atoms with Crippen LogP contribution in [0.2, 0.25) is 0 Å². The zero-order chi connectivity index (χ0) is 27.7. The summed E-state index contributed by atoms with van der Waals surface area (Å²) in [5, 5.41) is 0. The second-order valence-corrected chi connectivity index (χ2v) is 10.8. The summed E-state index contributed by atoms with van der Waals surface area (Å²) in [5.74, 6) is -1.54. The van der Waals surface area contributed by atoms with Crippen LogP contribution < -0.4 is 4.74 Å². The zero-order valence-electron chi connectivity index (χ0n) is 20.0. The van der Waals surface area contributed by atoms with E-state index in [1.807, 2.05) is 0 Å². The van der Waals surface area contributed by atoms with Gasteiger partial charge >= 0.3 is 6.36 Å². The first kappa shape index (κ1) is 27.6. The summed E-state index contributed by atoms with van der Waals surface area (Å²) < 4.78 is 95.9. The van der Waals surface area contributed by atoms with Crippen LogP contribution in [0.25, 0.3) is 11.3 Å². The highest BCUT2D eigenvalue weighted by molar-refractivity contribution is 7.89. The van der Waals surface area contributed by atoms with E-state index in [0.717, 1.165) is 40.7 Å². The number of alkyl halides is 4. The minimum Gasteiger partial charge on any atom is -0.406 e. The Kier molecular flexibility index (Phi) is 7.53. The lowest BCUT2D eigenvalue weighted by Gasteiger charge is -2.32. The molecule has 38 heavy (non-hydrogen) atoms. The Hall–Kier alpha value is -3.45. The maximum absolute atomic E-state index is 14.5. The Morgan fingerprint density at radius 2 is 1.76 bits per heavy atom. The number of Topliss-reactive ketones (excluding diaryl/α,β-unsaturated/α-hetero) is 1. The molecular weight excluding hydrogens is 533 g/mol. The van der Waals surface area contributed by atoms with E-state index in [0.29, 0.717) is 17.0 Å². The van der Waals surface area contributed by atoms with Crippen LogP contribution in [0, 0.1) is 5.82 Å². The second kappa shape index (κ2) is 10.4. The summed E-state index contributed by atoms with van der Waals surface area (Å²) in [6.45, 7) is 0.861. The van der Waals surface area contributed by atoms with Crippen molar-refractivity contribution in [1.29, 1.82) is 0 Å². The molecule has 0 amide bonds. The van der Waals surface area contributed by atoms with Gasteiger partial charge in [0.2, 0.25) is 10.0 Å². The molecule has 1 fully saturated rings. The molecule has 1 aliphatic rings. The van der Waals surface area contributed by atoms with Crippen LogP contribution in [0.5, 0.6) is 5.75 Å². The quantitative estimate of drug-likeness (QED) is 0.369. The molecule has 1 aromatic heterocycles. The summed E-state index contributed by atoms with van der Waals surface area (Å²) >= 11 is 0. The molecule has 0 spiro atoms. The molecule has 3 aromatic rings. The number of hydrogen-bond donors (Lipinski definition) is 0. The van der Waals surface area contributed by atoms with Gasteiger partial charge in [-0.15, -0.1) is 13.2 Å². The van der Waals surface area contributed by atoms with Crippen LogP contribution in [-0.2, 0) is 21.2 Å². The number of aromatic nitrogens is 2. The number of ether oxygens (including phenoxy) is 1. The van der Waals surface area contributed by atoms with Crippen molar-refractivity contribution in [2.45, 2.75) is 49.2 Å². The summed E-state index contributed by atoms with van der Waals surface area (Å²) in [7, 11) is -4.28. The minimum absolute atomic E-state index is 0.0839. The second-order valence-electron chi connectivity index (χ2n) is 8.96. The van der Waals surface area contributed by atoms with Crippen molar-refractivity contribution in [1.82, 2.24) is 14.3 Å². The van der Waals surface area contributed by atoms with Gasteiger partial charge in [0.05, 0.1) is 16.1 Å². The minimum atomic E-state index is -4.82. The smallest absolute Gasteiger partial charge is 0.406 e. The number of halogens is 5. The van der Waals surface area contributed by atoms with Crippen LogP contribution in [0.1, 0.15) is 25.5 Å². The third-order valence-electron chi connectivity index (χ3n) is 6.25. The van der Waals surface area contributed by atoms with Crippen molar-refractivity contribution < 1.29 is 39.9 Å². The summed E-state index contributed by atoms with van der Waals surface area (Å²) in [6.07, 6.45) is -5.55. The van der Waals surface area contributed by atoms with Gasteiger partial charge in [-0.2, -0.15) is 4.31 Å². The fraction of sp³-hybridized carbons (Fsp3) is 0.320. The number of carbonyl (C=O) groups is 1. The molecule has 1 saturated heterocycles. The average molecular weight is 556 g/mol. The molecule has 13 heteroatoms. The molecule has 2 aromatic carbocycles. The van der Waals surface area contributed by atoms with E-state index in [2.05, 4.69) is 14.7 Å². The molecule has 0 radical (unpaired) electrons. The van der Waals surface area contributed by atoms with Gasteiger partial charge < -0.3 is 4.74 Å². The number of nitrogens with zero attached hydrogens (tertiary/aromatic N) is 3. The van der Waals surface area contributed by atoms with E-state index in [-0.39, 0.29) is 24.2 Å². The summed E-state index contributed by atoms with van der Waals surface area (Å²) in [4.78, 5) is 21.2. The van der Waals surface area contributed by atoms with Crippen LogP contribution in [0.3, 0.4) is 0 Å². The van der Waals surface area contributed by atoms with Gasteiger partial charge in [0, 0.05) is 30.6 Å². The van der Waals surface area contributed by atoms with Crippen LogP contribution in [-0.4, -0.2) is 53.1 Å². The Labute approximate surface area is 215 Å². The van der Waals surface area contributed by atoms with Crippen molar-refractivity contribution in [2.75, 3.05) is 6.54 Å². The van der Waals surface area contributed by atoms with E-state index in [1.54, 1.807) is 6.07 Å². The number of hydrogen-bond acceptors (Lipinski definition) is 6. The van der Waals surface area contributed by atoms with E-state index in [1.165, 1.54) is 25.4 Å². The van der Waals surface area contributed by atoms with Gasteiger partial charge in [-0.3, -0.25) is 4.79 Å². The van der Waals surface area contributed by atoms with Crippen molar-refractivity contribution in [2.24, 2.45) is 0 Å². The van der Waals surface area contributed by atoms with Gasteiger partial charge in [-0.1, -0.05) is 0 Å². The summed E-state index contributed by atoms with van der Waals surface area (Å²) in [6, 6.07) is 10.7. The van der Waals surface area contributed by atoms with Crippen molar-refractivity contribution in [3.8, 4) is 17.0 Å². The maximum atomic E-state index is 14.5. The molecule has 2 heterocycles. The van der Waals surface area contributed by atoms with Gasteiger partial charge in [-0.05, 0) is 67.9 Å². The third-order valence-corrected chi connectivity index (χ3v) is 8.25. The van der Waals surface area contributed by atoms with E-state index >= 15 is 0 Å². The van der Waals surface area contributed by atoms with Crippen LogP contribution >= 0.6 is 0 Å². The number of carbonyl (C=O) groups excluding carboxylic acids is 1. The van der Waals surface area contributed by atoms with Crippen molar-refractivity contribution >= 4 is 15.8 Å². The molecule has 7 nitrogen and oxygen atoms in total. The lowest BCUT2D eigenvalue weighted by Crippen LogP contribution is -2.50. The number of sulfonamides is 1. The highest BCUT2D eigenvalue weighted by Crippen LogP contribution is 2.38. The molecule has 0 bridgehead atoms. The lowest BCUT2D eigenvalue weighted by molar-refractivity contribution is -0.274. The number of aryl methyl sites for hydroxylation is 1. The number of benzene rings is 2. The average Bonchev–Trinajstić information content (AvgIpc) is 3.18. The largest absolute Gasteiger partial charge is 0.573 e. The molecule has 202 valence electrons. The Morgan fingerprint density at radius 3 is 2.39 bits per heavy atom. The molecule has 0 saturated carbocycles. The fourth-order valence-corrected chi connectivity index (χ4v) is 6.16. The van der Waals surface area contributed by atoms with Crippen molar-refractivity contribution in [3.63, 3.8) is 0 Å². The molecule has 0 aliphatic carbocycles. The molecule has 1 aliphatic heterocycles. The first-order valence-corrected chi connectivity index (χ1v) is 12.8. The monoisotopic (exact) mass is 555 g/mol. The molecule has 0 unspecified atom stereocenters. The number of ketones is 1. The predicted octanol–water partition coefficient (Wildman–Crippen LogP) is 4.87. The first-order chi connectivity index (χ1) is 17.8. The van der Waals surface area contributed by atoms with Crippen molar-refractivity contribution in [3.05, 3.63) is 72.4 Å². The predicted molar refractivity (Wildman–Crippen MR) is 126 cm³/mol. The molecule has 0 N–H and O–H groups in total. The van der Waals surface area contributed by atoms with Gasteiger partial charge in [0.1, 0.15) is 24.1 Å². The van der Waals surface area contributed by atoms with E-state index in [9.17, 15) is 35.2 Å². The Morgan fingerprint density at radius 1 is 1.11 bits per heavy atom. The zero-order valence-corrected chi connectivity index (χ0v) is 20.8. The Balaban J connectivity index is 1.49. The molecule has 2 atom stereocenters. The highest BCUT2D eigenvalue weighted by atomic mass is 32.2.